The third-order valence-corrected chi connectivity index (χ3v) is 2.51. The second-order valence-electron chi connectivity index (χ2n) is 5.74. The Hall–Kier alpha value is -2.38. The predicted octanol–water partition coefficient (Wildman–Crippen LogP) is 3.84. The first-order valence-electron chi connectivity index (χ1n) is 6.56. The number of aromatic nitrogens is 3. The van der Waals surface area contributed by atoms with Crippen LogP contribution in [0.2, 0.25) is 0 Å². The normalized spacial score (nSPS) is 12.1. The van der Waals surface area contributed by atoms with Crippen LogP contribution in [0, 0.1) is 0 Å². The first-order valence-corrected chi connectivity index (χ1v) is 6.56. The van der Waals surface area contributed by atoms with E-state index in [1.807, 2.05) is 20.8 Å². The third kappa shape index (κ3) is 4.57. The van der Waals surface area contributed by atoms with Gasteiger partial charge < -0.3 is 10.6 Å². The van der Waals surface area contributed by atoms with Crippen molar-refractivity contribution >= 4 is 17.5 Å². The number of hydrogen-bond acceptors (Lipinski definition) is 5. The van der Waals surface area contributed by atoms with Gasteiger partial charge in [0.05, 0.1) is 11.8 Å². The lowest BCUT2D eigenvalue weighted by molar-refractivity contribution is -0.137. The van der Waals surface area contributed by atoms with Crippen molar-refractivity contribution in [2.24, 2.45) is 0 Å². The summed E-state index contributed by atoms with van der Waals surface area (Å²) < 4.78 is 38.0. The second-order valence-corrected chi connectivity index (χ2v) is 5.74. The Morgan fingerprint density at radius 3 is 2.45 bits per heavy atom. The van der Waals surface area contributed by atoms with E-state index in [0.29, 0.717) is 5.82 Å². The van der Waals surface area contributed by atoms with E-state index < -0.39 is 11.7 Å². The van der Waals surface area contributed by atoms with Gasteiger partial charge in [0, 0.05) is 11.2 Å². The zero-order valence-electron chi connectivity index (χ0n) is 12.4. The Kier molecular flexibility index (Phi) is 4.20. The van der Waals surface area contributed by atoms with Crippen molar-refractivity contribution in [3.63, 3.8) is 0 Å². The van der Waals surface area contributed by atoms with Crippen LogP contribution in [0.5, 0.6) is 0 Å². The SMILES string of the molecule is CC(C)(C)Nc1cnnc(Nc2cccc(C(F)(F)F)c2)n1. The molecular formula is C14H16F3N5. The quantitative estimate of drug-likeness (QED) is 0.901. The molecule has 0 amide bonds. The largest absolute Gasteiger partial charge is 0.416 e. The zero-order chi connectivity index (χ0) is 16.4. The van der Waals surface area contributed by atoms with Crippen LogP contribution in [-0.2, 0) is 6.18 Å². The van der Waals surface area contributed by atoms with Crippen LogP contribution in [-0.4, -0.2) is 20.7 Å². The molecule has 0 aliphatic carbocycles. The third-order valence-electron chi connectivity index (χ3n) is 2.51. The van der Waals surface area contributed by atoms with Gasteiger partial charge in [0.2, 0.25) is 5.95 Å². The molecule has 2 N–H and O–H groups in total. The maximum absolute atomic E-state index is 12.7. The summed E-state index contributed by atoms with van der Waals surface area (Å²) in [6.45, 7) is 5.86. The molecule has 0 aliphatic heterocycles. The molecule has 2 aromatic rings. The Morgan fingerprint density at radius 2 is 1.82 bits per heavy atom. The van der Waals surface area contributed by atoms with E-state index in [1.54, 1.807) is 0 Å². The van der Waals surface area contributed by atoms with Crippen LogP contribution in [0.15, 0.2) is 30.5 Å². The van der Waals surface area contributed by atoms with E-state index in [4.69, 9.17) is 0 Å². The molecule has 0 saturated heterocycles. The highest BCUT2D eigenvalue weighted by molar-refractivity contribution is 5.55. The molecule has 0 saturated carbocycles. The van der Waals surface area contributed by atoms with Crippen LogP contribution < -0.4 is 10.6 Å². The van der Waals surface area contributed by atoms with Gasteiger partial charge in [-0.05, 0) is 39.0 Å². The Balaban J connectivity index is 2.19. The lowest BCUT2D eigenvalue weighted by atomic mass is 10.1. The molecule has 8 heteroatoms. The Morgan fingerprint density at radius 1 is 1.09 bits per heavy atom. The molecular weight excluding hydrogens is 295 g/mol. The first-order chi connectivity index (χ1) is 10.1. The van der Waals surface area contributed by atoms with Crippen molar-refractivity contribution < 1.29 is 13.2 Å². The highest BCUT2D eigenvalue weighted by Gasteiger charge is 2.30. The average Bonchev–Trinajstić information content (AvgIpc) is 2.36. The molecule has 0 spiro atoms. The maximum atomic E-state index is 12.7. The number of rotatable bonds is 3. The van der Waals surface area contributed by atoms with E-state index in [0.717, 1.165) is 12.1 Å². The van der Waals surface area contributed by atoms with Gasteiger partial charge >= 0.3 is 6.18 Å². The molecule has 2 rings (SSSR count). The summed E-state index contributed by atoms with van der Waals surface area (Å²) in [5, 5.41) is 13.4. The van der Waals surface area contributed by atoms with Gasteiger partial charge in [0.15, 0.2) is 5.82 Å². The van der Waals surface area contributed by atoms with Crippen LogP contribution in [0.1, 0.15) is 26.3 Å². The van der Waals surface area contributed by atoms with Crippen molar-refractivity contribution in [1.29, 1.82) is 0 Å². The Labute approximate surface area is 126 Å². The van der Waals surface area contributed by atoms with E-state index in [-0.39, 0.29) is 17.2 Å². The minimum Gasteiger partial charge on any atom is -0.364 e. The summed E-state index contributed by atoms with van der Waals surface area (Å²) in [6, 6.07) is 4.81. The van der Waals surface area contributed by atoms with E-state index in [1.165, 1.54) is 18.3 Å². The van der Waals surface area contributed by atoms with E-state index in [9.17, 15) is 13.2 Å². The van der Waals surface area contributed by atoms with Crippen LogP contribution in [0.4, 0.5) is 30.6 Å². The number of anilines is 3. The average molecular weight is 311 g/mol. The maximum Gasteiger partial charge on any atom is 0.416 e. The smallest absolute Gasteiger partial charge is 0.364 e. The number of benzene rings is 1. The molecule has 1 heterocycles. The molecule has 118 valence electrons. The fourth-order valence-electron chi connectivity index (χ4n) is 1.70. The second kappa shape index (κ2) is 5.78. The number of nitrogens with zero attached hydrogens (tertiary/aromatic N) is 3. The lowest BCUT2D eigenvalue weighted by Crippen LogP contribution is -2.27. The number of nitrogens with one attached hydrogen (secondary N) is 2. The molecule has 0 fully saturated rings. The minimum atomic E-state index is -4.40. The summed E-state index contributed by atoms with van der Waals surface area (Å²) in [5.41, 5.74) is -0.720. The molecule has 0 atom stereocenters. The van der Waals surface area contributed by atoms with Gasteiger partial charge in [-0.3, -0.25) is 0 Å². The first kappa shape index (κ1) is 16.0. The molecule has 5 nitrogen and oxygen atoms in total. The summed E-state index contributed by atoms with van der Waals surface area (Å²) in [4.78, 5) is 4.17. The standard InChI is InChI=1S/C14H16F3N5/c1-13(2,3)21-11-8-18-22-12(20-11)19-10-6-4-5-9(7-10)14(15,16)17/h4-8H,1-3H3,(H2,19,20,21,22). The molecule has 1 aromatic carbocycles. The molecule has 0 aliphatic rings. The van der Waals surface area contributed by atoms with Gasteiger partial charge in [0.25, 0.3) is 0 Å². The zero-order valence-corrected chi connectivity index (χ0v) is 12.4. The predicted molar refractivity (Wildman–Crippen MR) is 77.9 cm³/mol. The van der Waals surface area contributed by atoms with Gasteiger partial charge in [0.1, 0.15) is 0 Å². The summed E-state index contributed by atoms with van der Waals surface area (Å²) in [7, 11) is 0. The highest BCUT2D eigenvalue weighted by atomic mass is 19.4. The van der Waals surface area contributed by atoms with Gasteiger partial charge in [-0.2, -0.15) is 23.3 Å². The number of halogens is 3. The summed E-state index contributed by atoms with van der Waals surface area (Å²) >= 11 is 0. The van der Waals surface area contributed by atoms with Gasteiger partial charge in [-0.15, -0.1) is 5.10 Å². The fourth-order valence-corrected chi connectivity index (χ4v) is 1.70. The molecule has 1 aromatic heterocycles. The monoisotopic (exact) mass is 311 g/mol. The molecule has 0 unspecified atom stereocenters. The van der Waals surface area contributed by atoms with Crippen molar-refractivity contribution in [2.45, 2.75) is 32.5 Å². The summed E-state index contributed by atoms with van der Waals surface area (Å²) in [6.07, 6.45) is -2.95. The van der Waals surface area contributed by atoms with Crippen molar-refractivity contribution in [1.82, 2.24) is 15.2 Å². The van der Waals surface area contributed by atoms with Crippen molar-refractivity contribution in [3.05, 3.63) is 36.0 Å². The van der Waals surface area contributed by atoms with Crippen LogP contribution in [0.3, 0.4) is 0 Å². The topological polar surface area (TPSA) is 62.7 Å². The number of hydrogen-bond donors (Lipinski definition) is 2. The Bertz CT molecular complexity index is 649. The lowest BCUT2D eigenvalue weighted by Gasteiger charge is -2.20. The molecule has 22 heavy (non-hydrogen) atoms. The number of alkyl halides is 3. The molecule has 0 radical (unpaired) electrons. The summed E-state index contributed by atoms with van der Waals surface area (Å²) in [5.74, 6) is 0.602. The van der Waals surface area contributed by atoms with Crippen LogP contribution >= 0.6 is 0 Å². The fraction of sp³-hybridized carbons (Fsp3) is 0.357. The minimum absolute atomic E-state index is 0.119. The van der Waals surface area contributed by atoms with Gasteiger partial charge in [-0.25, -0.2) is 0 Å². The molecule has 0 bridgehead atoms. The van der Waals surface area contributed by atoms with Gasteiger partial charge in [-0.1, -0.05) is 6.07 Å². The highest BCUT2D eigenvalue weighted by Crippen LogP contribution is 2.31. The van der Waals surface area contributed by atoms with E-state index in [2.05, 4.69) is 25.8 Å². The van der Waals surface area contributed by atoms with E-state index >= 15 is 0 Å². The van der Waals surface area contributed by atoms with Crippen molar-refractivity contribution in [3.8, 4) is 0 Å². The van der Waals surface area contributed by atoms with Crippen molar-refractivity contribution in [2.75, 3.05) is 10.6 Å². The van der Waals surface area contributed by atoms with Crippen LogP contribution in [0.25, 0.3) is 0 Å².